The van der Waals surface area contributed by atoms with Gasteiger partial charge in [0, 0.05) is 18.3 Å². The highest BCUT2D eigenvalue weighted by Crippen LogP contribution is 2.43. The molecule has 2 aliphatic rings. The third-order valence-electron chi connectivity index (χ3n) is 6.48. The average molecular weight is 482 g/mol. The molecule has 0 bridgehead atoms. The van der Waals surface area contributed by atoms with Gasteiger partial charge in [-0.15, -0.1) is 0 Å². The molecule has 0 saturated carbocycles. The van der Waals surface area contributed by atoms with Crippen molar-refractivity contribution in [3.63, 3.8) is 0 Å². The second kappa shape index (κ2) is 9.12. The Bertz CT molecular complexity index is 1420. The number of aliphatic hydroxyl groups excluding tert-OH is 1. The second-order valence-corrected chi connectivity index (χ2v) is 8.55. The third kappa shape index (κ3) is 3.81. The number of Topliss-reactive ketones (excluding diaryl/α,β-unsaturated/α-hetero) is 1. The van der Waals surface area contributed by atoms with Gasteiger partial charge in [0.05, 0.1) is 42.6 Å². The molecule has 180 valence electrons. The first-order valence-electron chi connectivity index (χ1n) is 11.4. The van der Waals surface area contributed by atoms with Gasteiger partial charge in [-0.05, 0) is 60.2 Å². The lowest BCUT2D eigenvalue weighted by atomic mass is 9.94. The number of rotatable bonds is 4. The Morgan fingerprint density at radius 1 is 1.08 bits per heavy atom. The van der Waals surface area contributed by atoms with Crippen molar-refractivity contribution in [1.29, 1.82) is 5.26 Å². The highest BCUT2D eigenvalue weighted by molar-refractivity contribution is 6.51. The van der Waals surface area contributed by atoms with Crippen LogP contribution in [-0.4, -0.2) is 44.1 Å². The van der Waals surface area contributed by atoms with E-state index in [-0.39, 0.29) is 11.3 Å². The monoisotopic (exact) mass is 481 g/mol. The summed E-state index contributed by atoms with van der Waals surface area (Å²) in [6, 6.07) is 19.7. The Morgan fingerprint density at radius 3 is 2.47 bits per heavy atom. The number of nitriles is 1. The largest absolute Gasteiger partial charge is 0.507 e. The molecular formula is C28H23N3O5. The number of amides is 1. The molecule has 1 unspecified atom stereocenters. The van der Waals surface area contributed by atoms with Crippen LogP contribution in [0, 0.1) is 11.3 Å². The van der Waals surface area contributed by atoms with Crippen molar-refractivity contribution in [3.05, 3.63) is 89.0 Å². The Morgan fingerprint density at radius 2 is 1.81 bits per heavy atom. The number of ether oxygens (including phenoxy) is 2. The number of benzene rings is 3. The minimum absolute atomic E-state index is 0.0196. The minimum Gasteiger partial charge on any atom is -0.507 e. The molecule has 3 aromatic rings. The van der Waals surface area contributed by atoms with E-state index in [1.54, 1.807) is 73.8 Å². The molecular weight excluding hydrogens is 458 g/mol. The number of aliphatic hydroxyl groups is 1. The Balaban J connectivity index is 1.68. The molecule has 0 radical (unpaired) electrons. The lowest BCUT2D eigenvalue weighted by Gasteiger charge is -2.28. The topological polar surface area (TPSA) is 103 Å². The van der Waals surface area contributed by atoms with E-state index in [4.69, 9.17) is 14.7 Å². The van der Waals surface area contributed by atoms with Crippen LogP contribution in [0.2, 0.25) is 0 Å². The standard InChI is InChI=1S/C28H23N3O5/c1-30-13-14-36-23-12-7-19(15-22(23)30)26(32)24-25(18-5-10-21(35-2)11-6-18)31(28(34)27(24)33)20-8-3-17(16-29)4-9-20/h3-12,15,25,32H,13-14H2,1-2H3/b26-24-. The summed E-state index contributed by atoms with van der Waals surface area (Å²) in [6.07, 6.45) is 0. The van der Waals surface area contributed by atoms with E-state index in [1.807, 2.05) is 18.0 Å². The van der Waals surface area contributed by atoms with Crippen LogP contribution >= 0.6 is 0 Å². The fourth-order valence-electron chi connectivity index (χ4n) is 4.55. The van der Waals surface area contributed by atoms with Gasteiger partial charge in [0.2, 0.25) is 0 Å². The predicted molar refractivity (Wildman–Crippen MR) is 134 cm³/mol. The molecule has 0 spiro atoms. The SMILES string of the molecule is COc1ccc(C2/C(=C(/O)c3ccc4c(c3)N(C)CCO4)C(=O)C(=O)N2c2ccc(C#N)cc2)cc1. The van der Waals surface area contributed by atoms with Crippen LogP contribution in [0.15, 0.2) is 72.3 Å². The van der Waals surface area contributed by atoms with Crippen molar-refractivity contribution in [2.75, 3.05) is 37.1 Å². The van der Waals surface area contributed by atoms with E-state index in [0.29, 0.717) is 47.0 Å². The average Bonchev–Trinajstić information content (AvgIpc) is 3.18. The second-order valence-electron chi connectivity index (χ2n) is 8.55. The van der Waals surface area contributed by atoms with E-state index >= 15 is 0 Å². The fraction of sp³-hybridized carbons (Fsp3) is 0.179. The number of likely N-dealkylation sites (N-methyl/N-ethyl adjacent to an activating group) is 1. The van der Waals surface area contributed by atoms with Gasteiger partial charge in [-0.2, -0.15) is 5.26 Å². The molecule has 1 atom stereocenters. The molecule has 5 rings (SSSR count). The highest BCUT2D eigenvalue weighted by atomic mass is 16.5. The molecule has 2 aliphatic heterocycles. The molecule has 1 saturated heterocycles. The van der Waals surface area contributed by atoms with Gasteiger partial charge in [0.1, 0.15) is 23.9 Å². The molecule has 36 heavy (non-hydrogen) atoms. The first-order chi connectivity index (χ1) is 17.4. The van der Waals surface area contributed by atoms with Gasteiger partial charge in [0.15, 0.2) is 0 Å². The first kappa shape index (κ1) is 23.0. The Labute approximate surface area is 208 Å². The summed E-state index contributed by atoms with van der Waals surface area (Å²) in [4.78, 5) is 30.0. The number of carbonyl (C=O) groups is 2. The summed E-state index contributed by atoms with van der Waals surface area (Å²) in [6.45, 7) is 1.24. The van der Waals surface area contributed by atoms with Crippen molar-refractivity contribution in [2.24, 2.45) is 0 Å². The highest BCUT2D eigenvalue weighted by Gasteiger charge is 2.47. The van der Waals surface area contributed by atoms with Crippen molar-refractivity contribution >= 4 is 28.8 Å². The number of nitrogens with zero attached hydrogens (tertiary/aromatic N) is 3. The summed E-state index contributed by atoms with van der Waals surface area (Å²) in [7, 11) is 3.47. The molecule has 1 amide bonds. The van der Waals surface area contributed by atoms with Crippen LogP contribution in [-0.2, 0) is 9.59 Å². The van der Waals surface area contributed by atoms with Gasteiger partial charge in [0.25, 0.3) is 11.7 Å². The number of anilines is 2. The Kier molecular flexibility index (Phi) is 5.82. The smallest absolute Gasteiger partial charge is 0.300 e. The maximum atomic E-state index is 13.4. The van der Waals surface area contributed by atoms with Crippen LogP contribution in [0.25, 0.3) is 5.76 Å². The van der Waals surface area contributed by atoms with Crippen molar-refractivity contribution in [3.8, 4) is 17.6 Å². The van der Waals surface area contributed by atoms with Gasteiger partial charge >= 0.3 is 0 Å². The Hall–Kier alpha value is -4.77. The molecule has 1 fully saturated rings. The molecule has 3 aromatic carbocycles. The molecule has 8 heteroatoms. The molecule has 1 N–H and O–H groups in total. The van der Waals surface area contributed by atoms with Crippen LogP contribution in [0.5, 0.6) is 11.5 Å². The predicted octanol–water partition coefficient (Wildman–Crippen LogP) is 4.02. The van der Waals surface area contributed by atoms with Crippen molar-refractivity contribution in [1.82, 2.24) is 0 Å². The van der Waals surface area contributed by atoms with Crippen molar-refractivity contribution < 1.29 is 24.2 Å². The normalized spacial score (nSPS) is 18.4. The zero-order valence-corrected chi connectivity index (χ0v) is 19.8. The molecule has 2 heterocycles. The van der Waals surface area contributed by atoms with Crippen molar-refractivity contribution in [2.45, 2.75) is 6.04 Å². The minimum atomic E-state index is -0.881. The van der Waals surface area contributed by atoms with E-state index in [2.05, 4.69) is 0 Å². The van der Waals surface area contributed by atoms with Crippen LogP contribution in [0.1, 0.15) is 22.7 Å². The van der Waals surface area contributed by atoms with Gasteiger partial charge < -0.3 is 19.5 Å². The van der Waals surface area contributed by atoms with Gasteiger partial charge in [-0.1, -0.05) is 12.1 Å². The molecule has 0 aliphatic carbocycles. The number of ketones is 1. The summed E-state index contributed by atoms with van der Waals surface area (Å²) in [5.41, 5.74) is 2.66. The first-order valence-corrected chi connectivity index (χ1v) is 11.4. The third-order valence-corrected chi connectivity index (χ3v) is 6.48. The summed E-state index contributed by atoms with van der Waals surface area (Å²) >= 11 is 0. The number of methoxy groups -OCH3 is 1. The maximum absolute atomic E-state index is 13.4. The molecule has 0 aromatic heterocycles. The summed E-state index contributed by atoms with van der Waals surface area (Å²) < 4.78 is 11.0. The number of fused-ring (bicyclic) bond motifs is 1. The zero-order chi connectivity index (χ0) is 25.4. The van der Waals surface area contributed by atoms with E-state index in [0.717, 1.165) is 5.69 Å². The molecule has 8 nitrogen and oxygen atoms in total. The van der Waals surface area contributed by atoms with E-state index in [9.17, 15) is 14.7 Å². The summed E-state index contributed by atoms with van der Waals surface area (Å²) in [5.74, 6) is -0.524. The van der Waals surface area contributed by atoms with Crippen LogP contribution in [0.4, 0.5) is 11.4 Å². The van der Waals surface area contributed by atoms with Crippen LogP contribution in [0.3, 0.4) is 0 Å². The maximum Gasteiger partial charge on any atom is 0.300 e. The number of carbonyl (C=O) groups excluding carboxylic acids is 2. The van der Waals surface area contributed by atoms with Gasteiger partial charge in [-0.3, -0.25) is 14.5 Å². The van der Waals surface area contributed by atoms with E-state index in [1.165, 1.54) is 4.90 Å². The lowest BCUT2D eigenvalue weighted by Crippen LogP contribution is -2.29. The number of hydrogen-bond donors (Lipinski definition) is 1. The van der Waals surface area contributed by atoms with E-state index < -0.39 is 17.7 Å². The van der Waals surface area contributed by atoms with Gasteiger partial charge in [-0.25, -0.2) is 0 Å². The zero-order valence-electron chi connectivity index (χ0n) is 19.8. The summed E-state index contributed by atoms with van der Waals surface area (Å²) in [5, 5.41) is 20.6. The lowest BCUT2D eigenvalue weighted by molar-refractivity contribution is -0.132. The quantitative estimate of drug-likeness (QED) is 0.341. The number of hydrogen-bond acceptors (Lipinski definition) is 7. The fourth-order valence-corrected chi connectivity index (χ4v) is 4.55. The van der Waals surface area contributed by atoms with Crippen LogP contribution < -0.4 is 19.3 Å².